The molecule has 3 heterocycles. The van der Waals surface area contributed by atoms with E-state index in [1.165, 1.54) is 10.7 Å². The van der Waals surface area contributed by atoms with Crippen LogP contribution in [0.25, 0.3) is 11.5 Å². The molecule has 0 N–H and O–H groups in total. The van der Waals surface area contributed by atoms with E-state index in [9.17, 15) is 9.59 Å². The van der Waals surface area contributed by atoms with E-state index in [0.717, 1.165) is 18.8 Å². The number of rotatable bonds is 4. The summed E-state index contributed by atoms with van der Waals surface area (Å²) in [7, 11) is 0. The predicted octanol–water partition coefficient (Wildman–Crippen LogP) is 3.07. The maximum atomic E-state index is 13.0. The maximum absolute atomic E-state index is 13.0. The molecule has 8 heteroatoms. The first-order valence-corrected chi connectivity index (χ1v) is 9.84. The molecule has 1 aliphatic heterocycles. The highest BCUT2D eigenvalue weighted by atomic mass is 35.5. The van der Waals surface area contributed by atoms with Crippen molar-refractivity contribution in [1.82, 2.24) is 14.7 Å². The number of carbonyl (C=O) groups excluding carboxylic acids is 1. The lowest BCUT2D eigenvalue weighted by atomic mass is 10.2. The summed E-state index contributed by atoms with van der Waals surface area (Å²) in [6, 6.07) is 13.5. The topological polar surface area (TPSA) is 71.6 Å². The van der Waals surface area contributed by atoms with Crippen molar-refractivity contribution in [2.45, 2.75) is 13.0 Å². The Morgan fingerprint density at radius 2 is 1.79 bits per heavy atom. The van der Waals surface area contributed by atoms with Gasteiger partial charge < -0.3 is 14.2 Å². The van der Waals surface area contributed by atoms with Gasteiger partial charge in [0.1, 0.15) is 11.7 Å². The molecule has 3 aromatic rings. The molecule has 1 amide bonds. The molecule has 0 radical (unpaired) electrons. The Morgan fingerprint density at radius 1 is 1.07 bits per heavy atom. The molecule has 1 saturated heterocycles. The van der Waals surface area contributed by atoms with Crippen molar-refractivity contribution in [3.8, 4) is 11.5 Å². The normalized spacial score (nSPS) is 15.4. The number of amides is 1. The summed E-state index contributed by atoms with van der Waals surface area (Å²) >= 11 is 5.95. The molecule has 0 aliphatic carbocycles. The summed E-state index contributed by atoms with van der Waals surface area (Å²) < 4.78 is 6.57. The number of hydrogen-bond acceptors (Lipinski definition) is 5. The summed E-state index contributed by atoms with van der Waals surface area (Å²) in [4.78, 5) is 29.3. The summed E-state index contributed by atoms with van der Waals surface area (Å²) in [5.74, 6) is 0.432. The van der Waals surface area contributed by atoms with Crippen LogP contribution < -0.4 is 10.5 Å². The third-order valence-electron chi connectivity index (χ3n) is 5.11. The van der Waals surface area contributed by atoms with Crippen LogP contribution in [-0.2, 0) is 4.79 Å². The molecule has 29 heavy (non-hydrogen) atoms. The molecular weight excluding hydrogens is 392 g/mol. The van der Waals surface area contributed by atoms with E-state index in [1.54, 1.807) is 36.3 Å². The largest absolute Gasteiger partial charge is 0.463 e. The number of hydrogen-bond donors (Lipinski definition) is 0. The van der Waals surface area contributed by atoms with Gasteiger partial charge in [0.15, 0.2) is 5.76 Å². The molecule has 1 aromatic carbocycles. The highest BCUT2D eigenvalue weighted by Gasteiger charge is 2.27. The van der Waals surface area contributed by atoms with E-state index in [0.29, 0.717) is 29.6 Å². The van der Waals surface area contributed by atoms with Gasteiger partial charge in [0.2, 0.25) is 5.91 Å². The van der Waals surface area contributed by atoms with Crippen LogP contribution in [-0.4, -0.2) is 46.8 Å². The Balaban J connectivity index is 1.46. The lowest BCUT2D eigenvalue weighted by molar-refractivity contribution is -0.135. The minimum absolute atomic E-state index is 0.119. The Morgan fingerprint density at radius 3 is 2.45 bits per heavy atom. The molecule has 7 nitrogen and oxygen atoms in total. The van der Waals surface area contributed by atoms with Gasteiger partial charge in [-0.1, -0.05) is 11.6 Å². The fourth-order valence-electron chi connectivity index (χ4n) is 3.46. The standard InChI is InChI=1S/C21H21ClN4O3/c1-15(26-20(27)9-8-18(23-26)19-3-2-14-29-19)21(28)25-12-10-24(11-13-25)17-6-4-16(22)5-7-17/h2-9,14-15H,10-13H2,1H3. The molecule has 4 rings (SSSR count). The van der Waals surface area contributed by atoms with Crippen molar-refractivity contribution < 1.29 is 9.21 Å². The van der Waals surface area contributed by atoms with E-state index >= 15 is 0 Å². The number of anilines is 1. The zero-order chi connectivity index (χ0) is 20.4. The lowest BCUT2D eigenvalue weighted by Crippen LogP contribution is -2.51. The highest BCUT2D eigenvalue weighted by molar-refractivity contribution is 6.30. The van der Waals surface area contributed by atoms with Crippen LogP contribution in [0.1, 0.15) is 13.0 Å². The van der Waals surface area contributed by atoms with Crippen LogP contribution in [0.3, 0.4) is 0 Å². The van der Waals surface area contributed by atoms with Gasteiger partial charge in [-0.25, -0.2) is 4.68 Å². The minimum atomic E-state index is -0.695. The number of aromatic nitrogens is 2. The van der Waals surface area contributed by atoms with Gasteiger partial charge >= 0.3 is 0 Å². The zero-order valence-electron chi connectivity index (χ0n) is 16.0. The monoisotopic (exact) mass is 412 g/mol. The maximum Gasteiger partial charge on any atom is 0.267 e. The zero-order valence-corrected chi connectivity index (χ0v) is 16.7. The van der Waals surface area contributed by atoms with Gasteiger partial charge in [0, 0.05) is 43.0 Å². The van der Waals surface area contributed by atoms with Crippen molar-refractivity contribution in [2.24, 2.45) is 0 Å². The number of piperazine rings is 1. The van der Waals surface area contributed by atoms with Crippen LogP contribution in [0.5, 0.6) is 0 Å². The quantitative estimate of drug-likeness (QED) is 0.658. The third-order valence-corrected chi connectivity index (χ3v) is 5.36. The number of halogens is 1. The van der Waals surface area contributed by atoms with E-state index in [2.05, 4.69) is 10.00 Å². The van der Waals surface area contributed by atoms with Gasteiger partial charge in [-0.05, 0) is 49.4 Å². The SMILES string of the molecule is CC(C(=O)N1CCN(c2ccc(Cl)cc2)CC1)n1nc(-c2ccco2)ccc1=O. The van der Waals surface area contributed by atoms with Crippen LogP contribution in [0.2, 0.25) is 5.02 Å². The fourth-order valence-corrected chi connectivity index (χ4v) is 3.59. The van der Waals surface area contributed by atoms with E-state index in [1.807, 2.05) is 24.3 Å². The second-order valence-corrected chi connectivity index (χ2v) is 7.38. The molecule has 0 spiro atoms. The Kier molecular flexibility index (Phi) is 5.40. The molecule has 150 valence electrons. The smallest absolute Gasteiger partial charge is 0.267 e. The molecule has 1 unspecified atom stereocenters. The van der Waals surface area contributed by atoms with Crippen molar-refractivity contribution in [3.63, 3.8) is 0 Å². The number of furan rings is 1. The fraction of sp³-hybridized carbons (Fsp3) is 0.286. The average Bonchev–Trinajstić information content (AvgIpc) is 3.29. The first-order valence-electron chi connectivity index (χ1n) is 9.46. The minimum Gasteiger partial charge on any atom is -0.463 e. The van der Waals surface area contributed by atoms with Crippen molar-refractivity contribution in [3.05, 3.63) is 70.2 Å². The van der Waals surface area contributed by atoms with Crippen molar-refractivity contribution >= 4 is 23.2 Å². The van der Waals surface area contributed by atoms with Crippen LogP contribution >= 0.6 is 11.6 Å². The Hall–Kier alpha value is -3.06. The Bertz CT molecular complexity index is 1040. The van der Waals surface area contributed by atoms with E-state index < -0.39 is 6.04 Å². The van der Waals surface area contributed by atoms with Crippen LogP contribution in [0.4, 0.5) is 5.69 Å². The van der Waals surface area contributed by atoms with E-state index in [4.69, 9.17) is 16.0 Å². The van der Waals surface area contributed by atoms with Gasteiger partial charge in [-0.15, -0.1) is 0 Å². The number of benzene rings is 1. The number of nitrogens with zero attached hydrogens (tertiary/aromatic N) is 4. The summed E-state index contributed by atoms with van der Waals surface area (Å²) in [6.07, 6.45) is 1.54. The van der Waals surface area contributed by atoms with Gasteiger partial charge in [0.05, 0.1) is 6.26 Å². The average molecular weight is 413 g/mol. The van der Waals surface area contributed by atoms with Crippen molar-refractivity contribution in [2.75, 3.05) is 31.1 Å². The van der Waals surface area contributed by atoms with Gasteiger partial charge in [0.25, 0.3) is 5.56 Å². The van der Waals surface area contributed by atoms with E-state index in [-0.39, 0.29) is 11.5 Å². The van der Waals surface area contributed by atoms with Crippen molar-refractivity contribution in [1.29, 1.82) is 0 Å². The molecule has 2 aromatic heterocycles. The van der Waals surface area contributed by atoms with Crippen LogP contribution in [0, 0.1) is 0 Å². The first-order chi connectivity index (χ1) is 14.0. The molecule has 0 saturated carbocycles. The molecule has 0 bridgehead atoms. The molecular formula is C21H21ClN4O3. The number of carbonyl (C=O) groups is 1. The van der Waals surface area contributed by atoms with Gasteiger partial charge in [-0.2, -0.15) is 5.10 Å². The van der Waals surface area contributed by atoms with Crippen LogP contribution in [0.15, 0.2) is 64.0 Å². The summed E-state index contributed by atoms with van der Waals surface area (Å²) in [5, 5.41) is 5.04. The van der Waals surface area contributed by atoms with Gasteiger partial charge in [-0.3, -0.25) is 9.59 Å². The first kappa shape index (κ1) is 19.3. The lowest BCUT2D eigenvalue weighted by Gasteiger charge is -2.37. The molecule has 1 atom stereocenters. The second-order valence-electron chi connectivity index (χ2n) is 6.94. The Labute approximate surface area is 173 Å². The summed E-state index contributed by atoms with van der Waals surface area (Å²) in [5.41, 5.74) is 1.28. The molecule has 1 fully saturated rings. The predicted molar refractivity (Wildman–Crippen MR) is 111 cm³/mol. The summed E-state index contributed by atoms with van der Waals surface area (Å²) in [6.45, 7) is 4.30. The highest BCUT2D eigenvalue weighted by Crippen LogP contribution is 2.21. The third kappa shape index (κ3) is 4.05. The molecule has 1 aliphatic rings. The second kappa shape index (κ2) is 8.13.